The van der Waals surface area contributed by atoms with Crippen LogP contribution in [-0.2, 0) is 0 Å². The van der Waals surface area contributed by atoms with Gasteiger partial charge in [0.1, 0.15) is 0 Å². The molecule has 1 amide bonds. The van der Waals surface area contributed by atoms with Gasteiger partial charge in [-0.15, -0.1) is 23.7 Å². The molecule has 0 bridgehead atoms. The summed E-state index contributed by atoms with van der Waals surface area (Å²) in [5.41, 5.74) is 6.04. The van der Waals surface area contributed by atoms with Crippen molar-refractivity contribution in [3.8, 4) is 0 Å². The molecule has 0 saturated carbocycles. The van der Waals surface area contributed by atoms with Crippen LogP contribution in [0.1, 0.15) is 29.9 Å². The van der Waals surface area contributed by atoms with Crippen LogP contribution >= 0.6 is 23.7 Å². The predicted octanol–water partition coefficient (Wildman–Crippen LogP) is 3.68. The third kappa shape index (κ3) is 4.66. The number of fused-ring (bicyclic) bond motifs is 1. The van der Waals surface area contributed by atoms with Gasteiger partial charge in [-0.3, -0.25) is 14.9 Å². The summed E-state index contributed by atoms with van der Waals surface area (Å²) < 4.78 is 0.867. The van der Waals surface area contributed by atoms with Crippen LogP contribution in [0.4, 0.5) is 5.69 Å². The third-order valence-electron chi connectivity index (χ3n) is 3.92. The van der Waals surface area contributed by atoms with E-state index in [-0.39, 0.29) is 30.0 Å². The highest BCUT2D eigenvalue weighted by atomic mass is 35.5. The summed E-state index contributed by atoms with van der Waals surface area (Å²) in [6.45, 7) is 4.71. The fraction of sp³-hybridized carbons (Fsp3) is 0.438. The Morgan fingerprint density at radius 1 is 1.38 bits per heavy atom. The van der Waals surface area contributed by atoms with E-state index >= 15 is 0 Å². The van der Waals surface area contributed by atoms with Gasteiger partial charge in [-0.05, 0) is 24.5 Å². The number of benzene rings is 1. The zero-order valence-electron chi connectivity index (χ0n) is 13.9. The van der Waals surface area contributed by atoms with Crippen molar-refractivity contribution in [3.63, 3.8) is 0 Å². The summed E-state index contributed by atoms with van der Waals surface area (Å²) >= 11 is 1.35. The highest BCUT2D eigenvalue weighted by Crippen LogP contribution is 2.29. The van der Waals surface area contributed by atoms with E-state index in [9.17, 15) is 14.9 Å². The molecule has 1 heterocycles. The molecule has 0 saturated heterocycles. The van der Waals surface area contributed by atoms with E-state index in [1.807, 2.05) is 0 Å². The molecule has 6 nitrogen and oxygen atoms in total. The van der Waals surface area contributed by atoms with Crippen LogP contribution in [0, 0.1) is 16.0 Å². The number of rotatable bonds is 6. The average molecular weight is 372 g/mol. The van der Waals surface area contributed by atoms with Gasteiger partial charge in [-0.2, -0.15) is 0 Å². The number of halogens is 1. The van der Waals surface area contributed by atoms with Crippen molar-refractivity contribution in [3.05, 3.63) is 39.3 Å². The van der Waals surface area contributed by atoms with Gasteiger partial charge >= 0.3 is 0 Å². The molecule has 1 atom stereocenters. The number of nitrogens with two attached hydrogens (primary N) is 1. The van der Waals surface area contributed by atoms with Gasteiger partial charge in [0.05, 0.1) is 9.80 Å². The van der Waals surface area contributed by atoms with E-state index in [1.165, 1.54) is 23.5 Å². The number of nitrogens with zero attached hydrogens (tertiary/aromatic N) is 2. The number of non-ortho nitro benzene ring substituents is 1. The second kappa shape index (κ2) is 8.41. The van der Waals surface area contributed by atoms with E-state index in [0.29, 0.717) is 17.3 Å². The van der Waals surface area contributed by atoms with Crippen molar-refractivity contribution in [2.24, 2.45) is 11.7 Å². The maximum Gasteiger partial charge on any atom is 0.270 e. The molecule has 1 aromatic carbocycles. The fourth-order valence-corrected chi connectivity index (χ4v) is 3.25. The third-order valence-corrected chi connectivity index (χ3v) is 5.03. The Labute approximate surface area is 151 Å². The molecular formula is C16H22ClN3O3S. The molecule has 0 aliphatic carbocycles. The van der Waals surface area contributed by atoms with Gasteiger partial charge in [-0.25, -0.2) is 0 Å². The number of hydrogen-bond donors (Lipinski definition) is 1. The molecule has 24 heavy (non-hydrogen) atoms. The van der Waals surface area contributed by atoms with Gasteiger partial charge in [0.2, 0.25) is 0 Å². The van der Waals surface area contributed by atoms with Crippen LogP contribution < -0.4 is 5.73 Å². The number of nitro benzene ring substituents is 1. The van der Waals surface area contributed by atoms with E-state index < -0.39 is 4.92 Å². The quantitative estimate of drug-likeness (QED) is 0.619. The highest BCUT2D eigenvalue weighted by Gasteiger charge is 2.17. The number of hydrogen-bond acceptors (Lipinski definition) is 5. The lowest BCUT2D eigenvalue weighted by atomic mass is 10.0. The molecule has 1 unspecified atom stereocenters. The maximum absolute atomic E-state index is 12.5. The van der Waals surface area contributed by atoms with Crippen molar-refractivity contribution >= 4 is 45.4 Å². The molecular weight excluding hydrogens is 350 g/mol. The molecule has 2 N–H and O–H groups in total. The first-order valence-corrected chi connectivity index (χ1v) is 8.30. The smallest absolute Gasteiger partial charge is 0.270 e. The normalized spacial score (nSPS) is 12.0. The summed E-state index contributed by atoms with van der Waals surface area (Å²) in [6.07, 6.45) is 0.746. The van der Waals surface area contributed by atoms with Crippen LogP contribution in [0.5, 0.6) is 0 Å². The molecule has 1 aromatic heterocycles. The largest absolute Gasteiger partial charge is 0.341 e. The van der Waals surface area contributed by atoms with Crippen LogP contribution in [0.2, 0.25) is 0 Å². The predicted molar refractivity (Wildman–Crippen MR) is 100 cm³/mol. The number of carbonyl (C=O) groups is 1. The van der Waals surface area contributed by atoms with Crippen molar-refractivity contribution in [2.45, 2.75) is 26.3 Å². The van der Waals surface area contributed by atoms with Crippen LogP contribution in [-0.4, -0.2) is 35.4 Å². The van der Waals surface area contributed by atoms with Gasteiger partial charge in [0.15, 0.2) is 0 Å². The molecule has 132 valence electrons. The zero-order chi connectivity index (χ0) is 17.1. The summed E-state index contributed by atoms with van der Waals surface area (Å²) in [5.74, 6) is 0.299. The minimum absolute atomic E-state index is 0. The number of nitro groups is 1. The van der Waals surface area contributed by atoms with Crippen molar-refractivity contribution < 1.29 is 9.72 Å². The molecule has 0 spiro atoms. The summed E-state index contributed by atoms with van der Waals surface area (Å²) in [4.78, 5) is 25.1. The Balaban J connectivity index is 0.00000288. The van der Waals surface area contributed by atoms with Crippen molar-refractivity contribution in [2.75, 3.05) is 13.6 Å². The SMILES string of the molecule is CC(C)C(N)CCN(C)C(=O)c1cc2cc([N+](=O)[O-])ccc2s1.Cl. The highest BCUT2D eigenvalue weighted by molar-refractivity contribution is 7.20. The summed E-state index contributed by atoms with van der Waals surface area (Å²) in [5, 5.41) is 11.5. The van der Waals surface area contributed by atoms with Crippen molar-refractivity contribution in [1.82, 2.24) is 4.90 Å². The Hall–Kier alpha value is -1.70. The molecule has 2 aromatic rings. The van der Waals surface area contributed by atoms with E-state index in [1.54, 1.807) is 24.1 Å². The minimum atomic E-state index is -0.433. The van der Waals surface area contributed by atoms with Crippen molar-refractivity contribution in [1.29, 1.82) is 0 Å². The lowest BCUT2D eigenvalue weighted by Crippen LogP contribution is -2.34. The average Bonchev–Trinajstić information content (AvgIpc) is 2.93. The van der Waals surface area contributed by atoms with E-state index in [4.69, 9.17) is 5.73 Å². The monoisotopic (exact) mass is 371 g/mol. The first-order valence-electron chi connectivity index (χ1n) is 7.48. The molecule has 2 rings (SSSR count). The Kier molecular flexibility index (Phi) is 7.13. The van der Waals surface area contributed by atoms with Gasteiger partial charge in [-0.1, -0.05) is 13.8 Å². The van der Waals surface area contributed by atoms with Gasteiger partial charge < -0.3 is 10.6 Å². The Morgan fingerprint density at radius 3 is 2.62 bits per heavy atom. The zero-order valence-corrected chi connectivity index (χ0v) is 15.5. The molecule has 0 fully saturated rings. The lowest BCUT2D eigenvalue weighted by molar-refractivity contribution is -0.384. The fourth-order valence-electron chi connectivity index (χ4n) is 2.22. The van der Waals surface area contributed by atoms with Crippen LogP contribution in [0.25, 0.3) is 10.1 Å². The number of carbonyl (C=O) groups excluding carboxylic acids is 1. The van der Waals surface area contributed by atoms with E-state index in [2.05, 4.69) is 13.8 Å². The summed E-state index contributed by atoms with van der Waals surface area (Å²) in [7, 11) is 1.75. The van der Waals surface area contributed by atoms with Crippen LogP contribution in [0.15, 0.2) is 24.3 Å². The maximum atomic E-state index is 12.5. The first-order chi connectivity index (χ1) is 10.8. The van der Waals surface area contributed by atoms with Gasteiger partial charge in [0.25, 0.3) is 11.6 Å². The first kappa shape index (κ1) is 20.3. The summed E-state index contributed by atoms with van der Waals surface area (Å²) in [6, 6.07) is 6.42. The standard InChI is InChI=1S/C16H21N3O3S.ClH/c1-10(2)13(17)6-7-18(3)16(20)15-9-11-8-12(19(21)22)4-5-14(11)23-15;/h4-5,8-10,13H,6-7,17H2,1-3H3;1H. The number of amides is 1. The Bertz CT molecular complexity index is 732. The molecule has 0 aliphatic rings. The molecule has 8 heteroatoms. The molecule has 0 radical (unpaired) electrons. The topological polar surface area (TPSA) is 89.5 Å². The van der Waals surface area contributed by atoms with Crippen LogP contribution in [0.3, 0.4) is 0 Å². The Morgan fingerprint density at radius 2 is 2.04 bits per heavy atom. The lowest BCUT2D eigenvalue weighted by Gasteiger charge is -2.21. The second-order valence-electron chi connectivity index (χ2n) is 6.01. The number of thiophene rings is 1. The second-order valence-corrected chi connectivity index (χ2v) is 7.10. The van der Waals surface area contributed by atoms with E-state index in [0.717, 1.165) is 16.5 Å². The molecule has 0 aliphatic heterocycles. The minimum Gasteiger partial charge on any atom is -0.341 e. The van der Waals surface area contributed by atoms with Gasteiger partial charge in [0, 0.05) is 41.9 Å².